The largest absolute Gasteiger partial charge is 0.478 e. The van der Waals surface area contributed by atoms with Crippen molar-refractivity contribution in [1.29, 1.82) is 0 Å². The van der Waals surface area contributed by atoms with Crippen LogP contribution < -0.4 is 16.2 Å². The lowest BCUT2D eigenvalue weighted by Crippen LogP contribution is -2.54. The van der Waals surface area contributed by atoms with Gasteiger partial charge in [0.1, 0.15) is 0 Å². The Labute approximate surface area is 241 Å². The van der Waals surface area contributed by atoms with E-state index in [1.807, 2.05) is 5.43 Å². The van der Waals surface area contributed by atoms with Crippen molar-refractivity contribution < 1.29 is 43.3 Å². The van der Waals surface area contributed by atoms with E-state index in [9.17, 15) is 33.9 Å². The van der Waals surface area contributed by atoms with Crippen LogP contribution in [0.25, 0.3) is 0 Å². The molecular weight excluding hydrogens is 546 g/mol. The molecule has 42 heavy (non-hydrogen) atoms. The summed E-state index contributed by atoms with van der Waals surface area (Å²) in [5.41, 5.74) is 6.08. The number of hydrogen-bond donors (Lipinski definition) is 4. The van der Waals surface area contributed by atoms with Crippen LogP contribution in [0, 0.1) is 13.8 Å². The van der Waals surface area contributed by atoms with Gasteiger partial charge in [0.2, 0.25) is 18.1 Å². The minimum absolute atomic E-state index is 0.0114. The molecule has 0 aliphatic carbocycles. The molecule has 3 aromatic carbocycles. The van der Waals surface area contributed by atoms with Gasteiger partial charge in [-0.3, -0.25) is 25.2 Å². The minimum Gasteiger partial charge on any atom is -0.478 e. The van der Waals surface area contributed by atoms with Crippen LogP contribution in [0.1, 0.15) is 55.5 Å². The summed E-state index contributed by atoms with van der Waals surface area (Å²) in [6, 6.07) is 18.0. The SMILES string of the molecule is CCC(=O)Nc1ccc(C(=O)NNC(=O)[C@@H](OC(=O)c2cccc(C)c2)[C@H](OC(=O)c2cccc(C)c2)C(=O)O)cc1. The number of rotatable bonds is 10. The number of anilines is 1. The molecule has 0 aliphatic rings. The molecule has 2 atom stereocenters. The van der Waals surface area contributed by atoms with Crippen molar-refractivity contribution in [2.24, 2.45) is 0 Å². The number of carbonyl (C=O) groups is 6. The molecule has 0 saturated heterocycles. The molecule has 3 rings (SSSR count). The maximum atomic E-state index is 13.1. The first kappa shape index (κ1) is 31.0. The van der Waals surface area contributed by atoms with Gasteiger partial charge in [-0.1, -0.05) is 42.3 Å². The van der Waals surface area contributed by atoms with Crippen molar-refractivity contribution in [3.63, 3.8) is 0 Å². The fraction of sp³-hybridized carbons (Fsp3) is 0.200. The summed E-state index contributed by atoms with van der Waals surface area (Å²) in [5.74, 6) is -6.21. The molecule has 0 aliphatic heterocycles. The molecule has 3 amide bonds. The van der Waals surface area contributed by atoms with Gasteiger partial charge in [-0.25, -0.2) is 14.4 Å². The number of hydrogen-bond acceptors (Lipinski definition) is 8. The average molecular weight is 576 g/mol. The highest BCUT2D eigenvalue weighted by atomic mass is 16.6. The number of amides is 3. The van der Waals surface area contributed by atoms with Crippen molar-refractivity contribution in [3.8, 4) is 0 Å². The van der Waals surface area contributed by atoms with E-state index < -0.39 is 41.9 Å². The third kappa shape index (κ3) is 8.49. The highest BCUT2D eigenvalue weighted by Gasteiger charge is 2.41. The second-order valence-electron chi connectivity index (χ2n) is 9.15. The Morgan fingerprint density at radius 2 is 1.24 bits per heavy atom. The normalized spacial score (nSPS) is 11.8. The molecule has 0 unspecified atom stereocenters. The Morgan fingerprint density at radius 1 is 0.714 bits per heavy atom. The zero-order valence-corrected chi connectivity index (χ0v) is 23.0. The fourth-order valence-electron chi connectivity index (χ4n) is 3.62. The van der Waals surface area contributed by atoms with Crippen LogP contribution in [0.2, 0.25) is 0 Å². The van der Waals surface area contributed by atoms with Gasteiger partial charge in [-0.15, -0.1) is 0 Å². The number of aliphatic carboxylic acids is 1. The summed E-state index contributed by atoms with van der Waals surface area (Å²) < 4.78 is 10.4. The lowest BCUT2D eigenvalue weighted by Gasteiger charge is -2.23. The molecule has 4 N–H and O–H groups in total. The molecular formula is C30H29N3O9. The van der Waals surface area contributed by atoms with Crippen molar-refractivity contribution in [2.75, 3.05) is 5.32 Å². The minimum atomic E-state index is -2.27. The van der Waals surface area contributed by atoms with Crippen LogP contribution in [0.4, 0.5) is 5.69 Å². The molecule has 0 heterocycles. The van der Waals surface area contributed by atoms with Crippen LogP contribution in [0.15, 0.2) is 72.8 Å². The summed E-state index contributed by atoms with van der Waals surface area (Å²) in [6.45, 7) is 5.11. The maximum absolute atomic E-state index is 13.1. The highest BCUT2D eigenvalue weighted by molar-refractivity contribution is 5.99. The molecule has 0 bridgehead atoms. The summed E-state index contributed by atoms with van der Waals surface area (Å²) >= 11 is 0. The molecule has 3 aromatic rings. The fourth-order valence-corrected chi connectivity index (χ4v) is 3.62. The second kappa shape index (κ2) is 14.2. The summed E-state index contributed by atoms with van der Waals surface area (Å²) in [4.78, 5) is 75.1. The first-order valence-corrected chi connectivity index (χ1v) is 12.8. The summed E-state index contributed by atoms with van der Waals surface area (Å²) in [5, 5.41) is 12.5. The first-order chi connectivity index (χ1) is 20.0. The van der Waals surface area contributed by atoms with E-state index in [4.69, 9.17) is 9.47 Å². The van der Waals surface area contributed by atoms with E-state index in [0.29, 0.717) is 16.8 Å². The molecule has 218 valence electrons. The maximum Gasteiger partial charge on any atom is 0.349 e. The molecule has 0 spiro atoms. The number of benzene rings is 3. The van der Waals surface area contributed by atoms with Crippen molar-refractivity contribution in [1.82, 2.24) is 10.9 Å². The number of ether oxygens (including phenoxy) is 2. The Balaban J connectivity index is 1.81. The Bertz CT molecular complexity index is 1500. The Morgan fingerprint density at radius 3 is 1.71 bits per heavy atom. The van der Waals surface area contributed by atoms with E-state index in [-0.39, 0.29) is 29.0 Å². The van der Waals surface area contributed by atoms with Crippen molar-refractivity contribution in [2.45, 2.75) is 39.4 Å². The van der Waals surface area contributed by atoms with Crippen LogP contribution in [0.5, 0.6) is 0 Å². The van der Waals surface area contributed by atoms with E-state index in [1.54, 1.807) is 45.0 Å². The quantitative estimate of drug-likeness (QED) is 0.209. The van der Waals surface area contributed by atoms with E-state index in [2.05, 4.69) is 10.7 Å². The number of carboxylic acids is 1. The van der Waals surface area contributed by atoms with Gasteiger partial charge < -0.3 is 19.9 Å². The number of carboxylic acid groups (broad SMARTS) is 1. The molecule has 0 radical (unpaired) electrons. The monoisotopic (exact) mass is 575 g/mol. The molecule has 0 saturated carbocycles. The summed E-state index contributed by atoms with van der Waals surface area (Å²) in [6.07, 6.45) is -4.21. The number of esters is 2. The predicted molar refractivity (Wildman–Crippen MR) is 149 cm³/mol. The van der Waals surface area contributed by atoms with E-state index in [1.165, 1.54) is 48.5 Å². The molecule has 0 aromatic heterocycles. The Hall–Kier alpha value is -5.52. The number of nitrogens with one attached hydrogen (secondary N) is 3. The molecule has 12 nitrogen and oxygen atoms in total. The average Bonchev–Trinajstić information content (AvgIpc) is 2.97. The van der Waals surface area contributed by atoms with Gasteiger partial charge in [0, 0.05) is 17.7 Å². The third-order valence-electron chi connectivity index (χ3n) is 5.80. The van der Waals surface area contributed by atoms with Crippen molar-refractivity contribution >= 4 is 41.3 Å². The lowest BCUT2D eigenvalue weighted by atomic mass is 10.1. The topological polar surface area (TPSA) is 177 Å². The molecule has 12 heteroatoms. The summed E-state index contributed by atoms with van der Waals surface area (Å²) in [7, 11) is 0. The van der Waals surface area contributed by atoms with Crippen molar-refractivity contribution in [3.05, 3.63) is 101 Å². The second-order valence-corrected chi connectivity index (χ2v) is 9.15. The smallest absolute Gasteiger partial charge is 0.349 e. The first-order valence-electron chi connectivity index (χ1n) is 12.8. The van der Waals surface area contributed by atoms with Crippen LogP contribution in [-0.4, -0.2) is 52.9 Å². The third-order valence-corrected chi connectivity index (χ3v) is 5.80. The number of aryl methyl sites for hydroxylation is 2. The predicted octanol–water partition coefficient (Wildman–Crippen LogP) is 2.95. The van der Waals surface area contributed by atoms with E-state index in [0.717, 1.165) is 0 Å². The zero-order chi connectivity index (χ0) is 30.8. The van der Waals surface area contributed by atoms with Gasteiger partial charge in [0.15, 0.2) is 0 Å². The van der Waals surface area contributed by atoms with Gasteiger partial charge in [-0.2, -0.15) is 0 Å². The molecule has 0 fully saturated rings. The lowest BCUT2D eigenvalue weighted by molar-refractivity contribution is -0.159. The van der Waals surface area contributed by atoms with Gasteiger partial charge in [-0.05, 0) is 62.4 Å². The van der Waals surface area contributed by atoms with Crippen LogP contribution in [0.3, 0.4) is 0 Å². The van der Waals surface area contributed by atoms with E-state index >= 15 is 0 Å². The number of carbonyl (C=O) groups excluding carboxylic acids is 5. The van der Waals surface area contributed by atoms with Crippen LogP contribution >= 0.6 is 0 Å². The standard InChI is InChI=1S/C30H29N3O9/c1-4-23(34)31-22-13-11-19(12-14-22)26(35)32-33-27(36)24(41-29(39)20-9-5-7-17(2)15-20)25(28(37)38)42-30(40)21-10-6-8-18(3)16-21/h5-16,24-25H,4H2,1-3H3,(H,31,34)(H,32,35)(H,33,36)(H,37,38)/t24-,25-/m0/s1. The zero-order valence-electron chi connectivity index (χ0n) is 23.0. The van der Waals surface area contributed by atoms with Crippen LogP contribution in [-0.2, 0) is 23.9 Å². The Kier molecular flexibility index (Phi) is 10.5. The number of hydrazine groups is 1. The van der Waals surface area contributed by atoms with Gasteiger partial charge in [0.25, 0.3) is 11.8 Å². The highest BCUT2D eigenvalue weighted by Crippen LogP contribution is 2.15. The van der Waals surface area contributed by atoms with Gasteiger partial charge >= 0.3 is 17.9 Å². The van der Waals surface area contributed by atoms with Gasteiger partial charge in [0.05, 0.1) is 11.1 Å².